The van der Waals surface area contributed by atoms with E-state index in [9.17, 15) is 0 Å². The first kappa shape index (κ1) is 9.79. The van der Waals surface area contributed by atoms with E-state index in [1.54, 1.807) is 5.57 Å². The van der Waals surface area contributed by atoms with Gasteiger partial charge in [0.05, 0.1) is 3.39 Å². The van der Waals surface area contributed by atoms with Crippen LogP contribution in [0.4, 0.5) is 0 Å². The summed E-state index contributed by atoms with van der Waals surface area (Å²) >= 11 is 7.02. The highest BCUT2D eigenvalue weighted by molar-refractivity contribution is 9.28. The van der Waals surface area contributed by atoms with Crippen molar-refractivity contribution in [3.05, 3.63) is 8.96 Å². The van der Waals surface area contributed by atoms with E-state index in [0.717, 1.165) is 0 Å². The Morgan fingerprint density at radius 2 is 1.91 bits per heavy atom. The SMILES string of the molecule is CC1(C)CCCCC1=C(Br)Br. The van der Waals surface area contributed by atoms with Crippen molar-refractivity contribution in [1.82, 2.24) is 0 Å². The Labute approximate surface area is 85.7 Å². The first-order valence-electron chi connectivity index (χ1n) is 4.09. The number of hydrogen-bond donors (Lipinski definition) is 0. The molecule has 0 N–H and O–H groups in total. The highest BCUT2D eigenvalue weighted by Crippen LogP contribution is 2.44. The lowest BCUT2D eigenvalue weighted by Crippen LogP contribution is -2.19. The van der Waals surface area contributed by atoms with Crippen LogP contribution in [0.5, 0.6) is 0 Å². The van der Waals surface area contributed by atoms with Crippen LogP contribution in [0.15, 0.2) is 8.96 Å². The molecule has 0 radical (unpaired) electrons. The van der Waals surface area contributed by atoms with E-state index in [0.29, 0.717) is 5.41 Å². The summed E-state index contributed by atoms with van der Waals surface area (Å²) in [5.74, 6) is 0. The monoisotopic (exact) mass is 280 g/mol. The average Bonchev–Trinajstić information content (AvgIpc) is 1.85. The van der Waals surface area contributed by atoms with Crippen LogP contribution in [0, 0.1) is 5.41 Å². The molecule has 0 nitrogen and oxygen atoms in total. The van der Waals surface area contributed by atoms with E-state index >= 15 is 0 Å². The normalized spacial score (nSPS) is 23.5. The first-order valence-corrected chi connectivity index (χ1v) is 5.67. The molecular weight excluding hydrogens is 268 g/mol. The molecule has 0 aromatic heterocycles. The summed E-state index contributed by atoms with van der Waals surface area (Å²) in [6.07, 6.45) is 5.30. The van der Waals surface area contributed by atoms with Gasteiger partial charge in [-0.25, -0.2) is 0 Å². The molecular formula is C9H14Br2. The summed E-state index contributed by atoms with van der Waals surface area (Å²) < 4.78 is 1.18. The van der Waals surface area contributed by atoms with E-state index < -0.39 is 0 Å². The largest absolute Gasteiger partial charge is 0.0601 e. The van der Waals surface area contributed by atoms with E-state index in [1.165, 1.54) is 29.1 Å². The fourth-order valence-electron chi connectivity index (χ4n) is 1.71. The molecule has 0 saturated heterocycles. The highest BCUT2D eigenvalue weighted by Gasteiger charge is 2.27. The minimum atomic E-state index is 0.403. The molecule has 64 valence electrons. The van der Waals surface area contributed by atoms with Crippen molar-refractivity contribution in [2.24, 2.45) is 5.41 Å². The maximum Gasteiger partial charge on any atom is 0.0601 e. The highest BCUT2D eigenvalue weighted by atomic mass is 79.9. The summed E-state index contributed by atoms with van der Waals surface area (Å²) in [4.78, 5) is 0. The zero-order valence-electron chi connectivity index (χ0n) is 7.08. The summed E-state index contributed by atoms with van der Waals surface area (Å²) in [6.45, 7) is 4.65. The average molecular weight is 282 g/mol. The van der Waals surface area contributed by atoms with Gasteiger partial charge >= 0.3 is 0 Å². The lowest BCUT2D eigenvalue weighted by atomic mass is 9.74. The van der Waals surface area contributed by atoms with E-state index in [2.05, 4.69) is 45.7 Å². The standard InChI is InChI=1S/C9H14Br2/c1-9(2)6-4-3-5-7(9)8(10)11/h3-6H2,1-2H3. The third-order valence-electron chi connectivity index (χ3n) is 2.52. The van der Waals surface area contributed by atoms with Crippen molar-refractivity contribution in [2.45, 2.75) is 39.5 Å². The zero-order valence-corrected chi connectivity index (χ0v) is 10.3. The molecule has 0 atom stereocenters. The molecule has 0 heterocycles. The van der Waals surface area contributed by atoms with Gasteiger partial charge < -0.3 is 0 Å². The molecule has 1 aliphatic carbocycles. The van der Waals surface area contributed by atoms with Gasteiger partial charge in [0.15, 0.2) is 0 Å². The number of hydrogen-bond acceptors (Lipinski definition) is 0. The molecule has 1 aliphatic rings. The molecule has 0 bridgehead atoms. The van der Waals surface area contributed by atoms with Crippen LogP contribution < -0.4 is 0 Å². The number of rotatable bonds is 0. The fraction of sp³-hybridized carbons (Fsp3) is 0.778. The van der Waals surface area contributed by atoms with E-state index in [1.807, 2.05) is 0 Å². The predicted octanol–water partition coefficient (Wildman–Crippen LogP) is 4.59. The van der Waals surface area contributed by atoms with Crippen LogP contribution >= 0.6 is 31.9 Å². The van der Waals surface area contributed by atoms with Gasteiger partial charge in [-0.15, -0.1) is 0 Å². The second-order valence-electron chi connectivity index (χ2n) is 3.83. The quantitative estimate of drug-likeness (QED) is 0.609. The van der Waals surface area contributed by atoms with Crippen molar-refractivity contribution < 1.29 is 0 Å². The Balaban J connectivity index is 2.85. The number of halogens is 2. The summed E-state index contributed by atoms with van der Waals surface area (Å²) in [7, 11) is 0. The third kappa shape index (κ3) is 2.32. The molecule has 1 rings (SSSR count). The molecule has 0 aromatic rings. The molecule has 2 heteroatoms. The predicted molar refractivity (Wildman–Crippen MR) is 57.1 cm³/mol. The Kier molecular flexibility index (Phi) is 3.21. The van der Waals surface area contributed by atoms with Crippen LogP contribution in [0.1, 0.15) is 39.5 Å². The lowest BCUT2D eigenvalue weighted by Gasteiger charge is -2.33. The second kappa shape index (κ2) is 3.61. The van der Waals surface area contributed by atoms with E-state index in [-0.39, 0.29) is 0 Å². The molecule has 1 fully saturated rings. The van der Waals surface area contributed by atoms with Crippen LogP contribution in [0.3, 0.4) is 0 Å². The van der Waals surface area contributed by atoms with Gasteiger partial charge in [0.25, 0.3) is 0 Å². The maximum absolute atomic E-state index is 3.51. The molecule has 11 heavy (non-hydrogen) atoms. The zero-order chi connectivity index (χ0) is 8.48. The van der Waals surface area contributed by atoms with Crippen molar-refractivity contribution in [1.29, 1.82) is 0 Å². The van der Waals surface area contributed by atoms with Crippen LogP contribution in [-0.4, -0.2) is 0 Å². The van der Waals surface area contributed by atoms with Gasteiger partial charge in [0.1, 0.15) is 0 Å². The minimum absolute atomic E-state index is 0.403. The van der Waals surface area contributed by atoms with Crippen molar-refractivity contribution in [3.8, 4) is 0 Å². The maximum atomic E-state index is 3.51. The van der Waals surface area contributed by atoms with Gasteiger partial charge in [0.2, 0.25) is 0 Å². The van der Waals surface area contributed by atoms with Crippen LogP contribution in [0.2, 0.25) is 0 Å². The van der Waals surface area contributed by atoms with Gasteiger partial charge in [-0.1, -0.05) is 20.3 Å². The van der Waals surface area contributed by atoms with E-state index in [4.69, 9.17) is 0 Å². The summed E-state index contributed by atoms with van der Waals surface area (Å²) in [6, 6.07) is 0. The minimum Gasteiger partial charge on any atom is -0.0561 e. The topological polar surface area (TPSA) is 0 Å². The van der Waals surface area contributed by atoms with Gasteiger partial charge in [-0.05, 0) is 62.1 Å². The van der Waals surface area contributed by atoms with Gasteiger partial charge in [-0.3, -0.25) is 0 Å². The van der Waals surface area contributed by atoms with Crippen LogP contribution in [-0.2, 0) is 0 Å². The van der Waals surface area contributed by atoms with Crippen molar-refractivity contribution in [3.63, 3.8) is 0 Å². The smallest absolute Gasteiger partial charge is 0.0561 e. The second-order valence-corrected chi connectivity index (χ2v) is 6.48. The molecule has 0 aliphatic heterocycles. The Morgan fingerprint density at radius 3 is 2.27 bits per heavy atom. The third-order valence-corrected chi connectivity index (χ3v) is 3.48. The molecule has 0 amide bonds. The van der Waals surface area contributed by atoms with Gasteiger partial charge in [0, 0.05) is 0 Å². The Bertz CT molecular complexity index is 176. The summed E-state index contributed by atoms with van der Waals surface area (Å²) in [5.41, 5.74) is 1.95. The Hall–Kier alpha value is 0.700. The molecule has 0 unspecified atom stereocenters. The molecule has 1 saturated carbocycles. The molecule has 0 aromatic carbocycles. The summed E-state index contributed by atoms with van der Waals surface area (Å²) in [5, 5.41) is 0. The van der Waals surface area contributed by atoms with Crippen molar-refractivity contribution >= 4 is 31.9 Å². The van der Waals surface area contributed by atoms with Crippen LogP contribution in [0.25, 0.3) is 0 Å². The molecule has 0 spiro atoms. The first-order chi connectivity index (χ1) is 5.04. The number of allylic oxidation sites excluding steroid dienone is 1. The lowest BCUT2D eigenvalue weighted by molar-refractivity contribution is 0.337. The Morgan fingerprint density at radius 1 is 1.27 bits per heavy atom. The fourth-order valence-corrected chi connectivity index (χ4v) is 3.18. The van der Waals surface area contributed by atoms with Crippen molar-refractivity contribution in [2.75, 3.05) is 0 Å². The van der Waals surface area contributed by atoms with Gasteiger partial charge in [-0.2, -0.15) is 0 Å².